The van der Waals surface area contributed by atoms with E-state index in [0.717, 1.165) is 16.2 Å². The second-order valence-corrected chi connectivity index (χ2v) is 5.35. The molecule has 3 rings (SSSR count). The molecule has 0 saturated carbocycles. The van der Waals surface area contributed by atoms with Crippen molar-refractivity contribution in [2.75, 3.05) is 7.11 Å². The number of benzene rings is 1. The Bertz CT molecular complexity index is 686. The topological polar surface area (TPSA) is 48.2 Å². The largest absolute Gasteiger partial charge is 0.497 e. The lowest BCUT2D eigenvalue weighted by molar-refractivity contribution is 0.414. The predicted molar refractivity (Wildman–Crippen MR) is 74.3 cm³/mol. The van der Waals surface area contributed by atoms with Gasteiger partial charge in [-0.15, -0.1) is 11.3 Å². The molecule has 0 unspecified atom stereocenters. The molecule has 0 atom stereocenters. The van der Waals surface area contributed by atoms with Gasteiger partial charge in [0, 0.05) is 10.4 Å². The van der Waals surface area contributed by atoms with Crippen LogP contribution in [0.5, 0.6) is 5.75 Å². The van der Waals surface area contributed by atoms with Gasteiger partial charge in [-0.1, -0.05) is 5.16 Å². The van der Waals surface area contributed by atoms with E-state index >= 15 is 0 Å². The second-order valence-electron chi connectivity index (χ2n) is 4.06. The summed E-state index contributed by atoms with van der Waals surface area (Å²) in [5.74, 6) is 1.95. The first-order valence-electron chi connectivity index (χ1n) is 5.81. The van der Waals surface area contributed by atoms with E-state index in [2.05, 4.69) is 17.1 Å². The van der Waals surface area contributed by atoms with Crippen molar-refractivity contribution in [1.29, 1.82) is 0 Å². The standard InChI is InChI=1S/C14H12N2O2S/c1-9-3-8-12(19-9)13-15-14(18-16-13)10-4-6-11(17-2)7-5-10/h3-8H,1-2H3. The molecule has 2 aromatic heterocycles. The third-order valence-electron chi connectivity index (χ3n) is 2.72. The number of nitrogens with zero attached hydrogens (tertiary/aromatic N) is 2. The molecule has 3 aromatic rings. The third kappa shape index (κ3) is 2.37. The van der Waals surface area contributed by atoms with E-state index < -0.39 is 0 Å². The summed E-state index contributed by atoms with van der Waals surface area (Å²) in [7, 11) is 1.64. The molecule has 0 aliphatic rings. The number of rotatable bonds is 3. The fraction of sp³-hybridized carbons (Fsp3) is 0.143. The second kappa shape index (κ2) is 4.85. The first kappa shape index (κ1) is 11.9. The van der Waals surface area contributed by atoms with Crippen LogP contribution in [-0.2, 0) is 0 Å². The molecule has 0 bridgehead atoms. The summed E-state index contributed by atoms with van der Waals surface area (Å²) in [6, 6.07) is 11.6. The maximum atomic E-state index is 5.29. The van der Waals surface area contributed by atoms with Gasteiger partial charge in [-0.2, -0.15) is 4.98 Å². The average molecular weight is 272 g/mol. The molecule has 0 saturated heterocycles. The number of hydrogen-bond donors (Lipinski definition) is 0. The molecular weight excluding hydrogens is 260 g/mol. The van der Waals surface area contributed by atoms with Crippen molar-refractivity contribution in [2.24, 2.45) is 0 Å². The van der Waals surface area contributed by atoms with Gasteiger partial charge >= 0.3 is 0 Å². The summed E-state index contributed by atoms with van der Waals surface area (Å²) < 4.78 is 10.4. The number of hydrogen-bond acceptors (Lipinski definition) is 5. The first-order valence-corrected chi connectivity index (χ1v) is 6.63. The number of aromatic nitrogens is 2. The van der Waals surface area contributed by atoms with Gasteiger partial charge in [-0.25, -0.2) is 0 Å². The molecule has 0 spiro atoms. The fourth-order valence-corrected chi connectivity index (χ4v) is 2.52. The highest BCUT2D eigenvalue weighted by Gasteiger charge is 2.11. The Kier molecular flexibility index (Phi) is 3.05. The average Bonchev–Trinajstić information content (AvgIpc) is 3.07. The summed E-state index contributed by atoms with van der Waals surface area (Å²) in [5.41, 5.74) is 0.882. The van der Waals surface area contributed by atoms with E-state index in [-0.39, 0.29) is 0 Å². The Morgan fingerprint density at radius 3 is 2.53 bits per heavy atom. The first-order chi connectivity index (χ1) is 9.26. The Morgan fingerprint density at radius 1 is 1.11 bits per heavy atom. The van der Waals surface area contributed by atoms with Crippen molar-refractivity contribution in [1.82, 2.24) is 10.1 Å². The van der Waals surface area contributed by atoms with Crippen LogP contribution in [0.4, 0.5) is 0 Å². The van der Waals surface area contributed by atoms with Crippen LogP contribution >= 0.6 is 11.3 Å². The van der Waals surface area contributed by atoms with Crippen molar-refractivity contribution in [3.63, 3.8) is 0 Å². The molecule has 1 aromatic carbocycles. The SMILES string of the molecule is COc1ccc(-c2nc(-c3ccc(C)s3)no2)cc1. The van der Waals surface area contributed by atoms with Gasteiger partial charge in [0.15, 0.2) is 0 Å². The van der Waals surface area contributed by atoms with Crippen LogP contribution in [0.3, 0.4) is 0 Å². The van der Waals surface area contributed by atoms with E-state index in [9.17, 15) is 0 Å². The lowest BCUT2D eigenvalue weighted by Gasteiger charge is -1.98. The fourth-order valence-electron chi connectivity index (χ4n) is 1.73. The Hall–Kier alpha value is -2.14. The van der Waals surface area contributed by atoms with E-state index in [4.69, 9.17) is 9.26 Å². The summed E-state index contributed by atoms with van der Waals surface area (Å²) in [6.45, 7) is 2.05. The van der Waals surface area contributed by atoms with Crippen molar-refractivity contribution in [2.45, 2.75) is 6.92 Å². The monoisotopic (exact) mass is 272 g/mol. The molecule has 0 amide bonds. The molecule has 0 radical (unpaired) electrons. The van der Waals surface area contributed by atoms with E-state index in [1.165, 1.54) is 4.88 Å². The lowest BCUT2D eigenvalue weighted by atomic mass is 10.2. The molecular formula is C14H12N2O2S. The van der Waals surface area contributed by atoms with Crippen LogP contribution in [0, 0.1) is 6.92 Å². The van der Waals surface area contributed by atoms with Gasteiger partial charge in [0.2, 0.25) is 5.82 Å². The minimum atomic E-state index is 0.517. The van der Waals surface area contributed by atoms with Gasteiger partial charge in [-0.3, -0.25) is 0 Å². The predicted octanol–water partition coefficient (Wildman–Crippen LogP) is 3.78. The molecule has 5 heteroatoms. The summed E-state index contributed by atoms with van der Waals surface area (Å²) in [5, 5.41) is 4.01. The maximum absolute atomic E-state index is 5.29. The van der Waals surface area contributed by atoms with E-state index in [1.807, 2.05) is 36.4 Å². The van der Waals surface area contributed by atoms with Crippen LogP contribution in [0.25, 0.3) is 22.2 Å². The quantitative estimate of drug-likeness (QED) is 0.728. The van der Waals surface area contributed by atoms with E-state index in [0.29, 0.717) is 11.7 Å². The van der Waals surface area contributed by atoms with Crippen LogP contribution in [0.15, 0.2) is 40.9 Å². The third-order valence-corrected chi connectivity index (χ3v) is 3.72. The molecule has 19 heavy (non-hydrogen) atoms. The van der Waals surface area contributed by atoms with E-state index in [1.54, 1.807) is 18.4 Å². The molecule has 0 N–H and O–H groups in total. The number of ether oxygens (including phenoxy) is 1. The summed E-state index contributed by atoms with van der Waals surface area (Å²) >= 11 is 1.65. The van der Waals surface area contributed by atoms with Crippen molar-refractivity contribution >= 4 is 11.3 Å². The van der Waals surface area contributed by atoms with Crippen molar-refractivity contribution in [3.05, 3.63) is 41.3 Å². The molecule has 0 aliphatic heterocycles. The van der Waals surface area contributed by atoms with Gasteiger partial charge in [-0.05, 0) is 43.3 Å². The normalized spacial score (nSPS) is 10.6. The molecule has 2 heterocycles. The summed E-state index contributed by atoms with van der Waals surface area (Å²) in [6.07, 6.45) is 0. The maximum Gasteiger partial charge on any atom is 0.258 e. The Labute approximate surface area is 114 Å². The van der Waals surface area contributed by atoms with Crippen LogP contribution in [0.2, 0.25) is 0 Å². The minimum Gasteiger partial charge on any atom is -0.497 e. The number of thiophene rings is 1. The highest BCUT2D eigenvalue weighted by Crippen LogP contribution is 2.28. The van der Waals surface area contributed by atoms with Gasteiger partial charge in [0.05, 0.1) is 12.0 Å². The van der Waals surface area contributed by atoms with Crippen LogP contribution in [-0.4, -0.2) is 17.3 Å². The molecule has 96 valence electrons. The molecule has 4 nitrogen and oxygen atoms in total. The zero-order valence-corrected chi connectivity index (χ0v) is 11.4. The highest BCUT2D eigenvalue weighted by atomic mass is 32.1. The van der Waals surface area contributed by atoms with Crippen LogP contribution in [0.1, 0.15) is 4.88 Å². The molecule has 0 fully saturated rings. The Morgan fingerprint density at radius 2 is 1.89 bits per heavy atom. The van der Waals surface area contributed by atoms with Crippen LogP contribution < -0.4 is 4.74 Å². The van der Waals surface area contributed by atoms with Crippen molar-refractivity contribution in [3.8, 4) is 27.9 Å². The zero-order chi connectivity index (χ0) is 13.2. The summed E-state index contributed by atoms with van der Waals surface area (Å²) in [4.78, 5) is 6.65. The van der Waals surface area contributed by atoms with Crippen molar-refractivity contribution < 1.29 is 9.26 Å². The Balaban J connectivity index is 1.91. The lowest BCUT2D eigenvalue weighted by Crippen LogP contribution is -1.82. The minimum absolute atomic E-state index is 0.517. The van der Waals surface area contributed by atoms with Gasteiger partial charge in [0.1, 0.15) is 5.75 Å². The molecule has 0 aliphatic carbocycles. The highest BCUT2D eigenvalue weighted by molar-refractivity contribution is 7.15. The zero-order valence-electron chi connectivity index (χ0n) is 10.6. The number of aryl methyl sites for hydroxylation is 1. The number of methoxy groups -OCH3 is 1. The smallest absolute Gasteiger partial charge is 0.258 e. The van der Waals surface area contributed by atoms with Gasteiger partial charge in [0.25, 0.3) is 5.89 Å². The van der Waals surface area contributed by atoms with Gasteiger partial charge < -0.3 is 9.26 Å².